The smallest absolute Gasteiger partial charge is 0.317 e. The molecule has 0 saturated heterocycles. The Labute approximate surface area is 86.1 Å². The van der Waals surface area contributed by atoms with Crippen molar-refractivity contribution in [1.29, 1.82) is 0 Å². The van der Waals surface area contributed by atoms with E-state index in [1.807, 2.05) is 30.3 Å². The topological polar surface area (TPSA) is 54.4 Å². The summed E-state index contributed by atoms with van der Waals surface area (Å²) in [6.07, 6.45) is 0.375. The average Bonchev–Trinajstić information content (AvgIpc) is 2.18. The van der Waals surface area contributed by atoms with E-state index in [1.165, 1.54) is 0 Å². The van der Waals surface area contributed by atoms with Gasteiger partial charge in [-0.2, -0.15) is 0 Å². The van der Waals surface area contributed by atoms with Crippen LogP contribution in [0.3, 0.4) is 0 Å². The highest BCUT2D eigenvalue weighted by atomic mass is 32.2. The van der Waals surface area contributed by atoms with Gasteiger partial charge in [0.05, 0.1) is 0 Å². The molecule has 0 bridgehead atoms. The standard InChI is InChI=1S/C10H10O3S/c11-7-14-9(10(12)13)6-8-4-2-1-3-5-8/h1-5,7,9H,6H2,(H,12,13)/t9-/m1/s1. The van der Waals surface area contributed by atoms with Crippen molar-refractivity contribution in [3.05, 3.63) is 35.9 Å². The summed E-state index contributed by atoms with van der Waals surface area (Å²) in [5.74, 6) is -0.953. The number of aliphatic carboxylic acids is 1. The van der Waals surface area contributed by atoms with Crippen molar-refractivity contribution in [2.75, 3.05) is 0 Å². The Bertz CT molecular complexity index is 310. The fraction of sp³-hybridized carbons (Fsp3) is 0.200. The van der Waals surface area contributed by atoms with E-state index in [0.717, 1.165) is 17.3 Å². The predicted molar refractivity (Wildman–Crippen MR) is 55.9 cm³/mol. The Morgan fingerprint density at radius 1 is 1.43 bits per heavy atom. The Morgan fingerprint density at radius 3 is 2.57 bits per heavy atom. The molecule has 1 atom stereocenters. The lowest BCUT2D eigenvalue weighted by atomic mass is 10.1. The summed E-state index contributed by atoms with van der Waals surface area (Å²) in [6.45, 7) is 0. The highest BCUT2D eigenvalue weighted by Crippen LogP contribution is 2.14. The van der Waals surface area contributed by atoms with Crippen LogP contribution in [-0.2, 0) is 16.0 Å². The number of thioether (sulfide) groups is 1. The van der Waals surface area contributed by atoms with Crippen LogP contribution < -0.4 is 0 Å². The third kappa shape index (κ3) is 3.22. The van der Waals surface area contributed by atoms with Gasteiger partial charge in [0, 0.05) is 0 Å². The van der Waals surface area contributed by atoms with Gasteiger partial charge in [0.1, 0.15) is 5.25 Å². The molecule has 1 N–H and O–H groups in total. The van der Waals surface area contributed by atoms with Crippen LogP contribution in [0.4, 0.5) is 0 Å². The van der Waals surface area contributed by atoms with E-state index < -0.39 is 11.2 Å². The molecule has 1 rings (SSSR count). The van der Waals surface area contributed by atoms with Crippen molar-refractivity contribution < 1.29 is 14.7 Å². The fourth-order valence-electron chi connectivity index (χ4n) is 1.09. The maximum absolute atomic E-state index is 10.7. The fourth-order valence-corrected chi connectivity index (χ4v) is 1.63. The number of rotatable bonds is 5. The molecule has 0 aromatic heterocycles. The highest BCUT2D eigenvalue weighted by Gasteiger charge is 2.17. The molecule has 1 aromatic rings. The van der Waals surface area contributed by atoms with Crippen molar-refractivity contribution in [3.63, 3.8) is 0 Å². The first-order valence-electron chi connectivity index (χ1n) is 4.10. The molecule has 0 fully saturated rings. The van der Waals surface area contributed by atoms with E-state index >= 15 is 0 Å². The zero-order valence-corrected chi connectivity index (χ0v) is 8.24. The zero-order chi connectivity index (χ0) is 10.4. The van der Waals surface area contributed by atoms with E-state index in [2.05, 4.69) is 0 Å². The molecule has 0 amide bonds. The van der Waals surface area contributed by atoms with Gasteiger partial charge in [0.25, 0.3) is 0 Å². The van der Waals surface area contributed by atoms with Gasteiger partial charge in [0.2, 0.25) is 0 Å². The van der Waals surface area contributed by atoms with Crippen LogP contribution in [0.5, 0.6) is 0 Å². The number of carboxylic acid groups (broad SMARTS) is 1. The molecule has 1 aromatic carbocycles. The summed E-state index contributed by atoms with van der Waals surface area (Å²) in [4.78, 5) is 20.9. The second-order valence-electron chi connectivity index (χ2n) is 2.75. The molecule has 4 heteroatoms. The van der Waals surface area contributed by atoms with Gasteiger partial charge < -0.3 is 5.11 Å². The second-order valence-corrected chi connectivity index (χ2v) is 3.78. The second kappa shape index (κ2) is 5.44. The molecule has 3 nitrogen and oxygen atoms in total. The van der Waals surface area contributed by atoms with Gasteiger partial charge in [-0.05, 0) is 12.0 Å². The minimum absolute atomic E-state index is 0.375. The molecule has 14 heavy (non-hydrogen) atoms. The summed E-state index contributed by atoms with van der Waals surface area (Å²) < 4.78 is 0. The van der Waals surface area contributed by atoms with Crippen molar-refractivity contribution in [2.45, 2.75) is 11.7 Å². The maximum Gasteiger partial charge on any atom is 0.317 e. The number of carbonyl (C=O) groups excluding carboxylic acids is 1. The molecular weight excluding hydrogens is 200 g/mol. The van der Waals surface area contributed by atoms with Crippen LogP contribution in [-0.4, -0.2) is 21.9 Å². The first kappa shape index (κ1) is 10.8. The van der Waals surface area contributed by atoms with E-state index in [4.69, 9.17) is 5.11 Å². The van der Waals surface area contributed by atoms with Gasteiger partial charge in [-0.3, -0.25) is 9.59 Å². The van der Waals surface area contributed by atoms with Gasteiger partial charge in [-0.1, -0.05) is 42.1 Å². The lowest BCUT2D eigenvalue weighted by Gasteiger charge is -2.07. The molecular formula is C10H10O3S. The lowest BCUT2D eigenvalue weighted by Crippen LogP contribution is -2.19. The van der Waals surface area contributed by atoms with Gasteiger partial charge >= 0.3 is 5.97 Å². The molecule has 0 spiro atoms. The molecule has 0 aliphatic rings. The van der Waals surface area contributed by atoms with Crippen molar-refractivity contribution in [2.24, 2.45) is 0 Å². The molecule has 0 aliphatic heterocycles. The summed E-state index contributed by atoms with van der Waals surface area (Å²) in [5, 5.41) is 8.10. The lowest BCUT2D eigenvalue weighted by molar-refractivity contribution is -0.136. The zero-order valence-electron chi connectivity index (χ0n) is 7.42. The SMILES string of the molecule is O=CS[C@H](Cc1ccccc1)C(=O)O. The summed E-state index contributed by atoms with van der Waals surface area (Å²) >= 11 is 0.799. The first-order chi connectivity index (χ1) is 6.74. The summed E-state index contributed by atoms with van der Waals surface area (Å²) in [7, 11) is 0. The average molecular weight is 210 g/mol. The highest BCUT2D eigenvalue weighted by molar-refractivity contribution is 8.12. The number of benzene rings is 1. The minimum atomic E-state index is -0.953. The normalized spacial score (nSPS) is 12.0. The number of hydrogen-bond acceptors (Lipinski definition) is 3. The molecule has 0 saturated carbocycles. The van der Waals surface area contributed by atoms with Gasteiger partial charge in [-0.15, -0.1) is 0 Å². The van der Waals surface area contributed by atoms with Crippen LogP contribution in [0.15, 0.2) is 30.3 Å². The summed E-state index contributed by atoms with van der Waals surface area (Å²) in [6, 6.07) is 9.26. The summed E-state index contributed by atoms with van der Waals surface area (Å²) in [5.41, 5.74) is 1.50. The van der Waals surface area contributed by atoms with Crippen LogP contribution in [0, 0.1) is 0 Å². The minimum Gasteiger partial charge on any atom is -0.480 e. The van der Waals surface area contributed by atoms with E-state index in [9.17, 15) is 9.59 Å². The maximum atomic E-state index is 10.7. The third-order valence-electron chi connectivity index (χ3n) is 1.76. The predicted octanol–water partition coefficient (Wildman–Crippen LogP) is 1.61. The number of carbonyl (C=O) groups is 2. The number of hydrogen-bond donors (Lipinski definition) is 1. The molecule has 0 heterocycles. The van der Waals surface area contributed by atoms with Crippen LogP contribution in [0.2, 0.25) is 0 Å². The van der Waals surface area contributed by atoms with Crippen molar-refractivity contribution in [3.8, 4) is 0 Å². The van der Waals surface area contributed by atoms with Crippen LogP contribution >= 0.6 is 11.8 Å². The van der Waals surface area contributed by atoms with E-state index in [0.29, 0.717) is 12.0 Å². The van der Waals surface area contributed by atoms with Gasteiger partial charge in [-0.25, -0.2) is 0 Å². The molecule has 0 unspecified atom stereocenters. The third-order valence-corrected chi connectivity index (χ3v) is 2.57. The van der Waals surface area contributed by atoms with Crippen LogP contribution in [0.25, 0.3) is 0 Å². The van der Waals surface area contributed by atoms with Crippen molar-refractivity contribution in [1.82, 2.24) is 0 Å². The van der Waals surface area contributed by atoms with E-state index in [1.54, 1.807) is 0 Å². The van der Waals surface area contributed by atoms with Crippen LogP contribution in [0.1, 0.15) is 5.56 Å². The quantitative estimate of drug-likeness (QED) is 0.750. The Kier molecular flexibility index (Phi) is 4.19. The molecule has 0 aliphatic carbocycles. The Balaban J connectivity index is 2.64. The monoisotopic (exact) mass is 210 g/mol. The molecule has 74 valence electrons. The van der Waals surface area contributed by atoms with Gasteiger partial charge in [0.15, 0.2) is 5.62 Å². The molecule has 0 radical (unpaired) electrons. The first-order valence-corrected chi connectivity index (χ1v) is 5.04. The Morgan fingerprint density at radius 2 is 2.07 bits per heavy atom. The van der Waals surface area contributed by atoms with Crippen molar-refractivity contribution >= 4 is 23.3 Å². The number of carboxylic acids is 1. The van der Waals surface area contributed by atoms with E-state index in [-0.39, 0.29) is 0 Å². The Hall–Kier alpha value is -1.29. The largest absolute Gasteiger partial charge is 0.480 e.